The highest BCUT2D eigenvalue weighted by molar-refractivity contribution is 5.87. The molecule has 0 heterocycles. The first-order valence-electron chi connectivity index (χ1n) is 14.3. The Kier molecular flexibility index (Phi) is 16.3. The summed E-state index contributed by atoms with van der Waals surface area (Å²) in [6, 6.07) is 36.4. The normalized spacial score (nSPS) is 9.70. The van der Waals surface area contributed by atoms with Crippen molar-refractivity contribution in [2.75, 3.05) is 47.8 Å². The molecule has 0 aliphatic heterocycles. The first-order valence-corrected chi connectivity index (χ1v) is 14.3. The minimum Gasteiger partial charge on any atom is -0.480 e. The van der Waals surface area contributed by atoms with Crippen LogP contribution >= 0.6 is 0 Å². The molecule has 12 heteroatoms. The molecule has 0 amide bonds. The Morgan fingerprint density at radius 1 is 0.468 bits per heavy atom. The van der Waals surface area contributed by atoms with Crippen molar-refractivity contribution in [1.82, 2.24) is 0 Å². The summed E-state index contributed by atoms with van der Waals surface area (Å²) in [7, 11) is 0. The van der Waals surface area contributed by atoms with Gasteiger partial charge in [-0.15, -0.1) is 0 Å². The van der Waals surface area contributed by atoms with E-state index in [1.54, 1.807) is 47.4 Å². The number of nitrogens with one attached hydrogen (secondary N) is 1. The van der Waals surface area contributed by atoms with Gasteiger partial charge >= 0.3 is 23.9 Å². The molecule has 0 atom stereocenters. The molecule has 0 fully saturated rings. The van der Waals surface area contributed by atoms with Crippen LogP contribution in [0.15, 0.2) is 121 Å². The maximum absolute atomic E-state index is 12.1. The zero-order chi connectivity index (χ0) is 34.4. The number of carboxylic acid groups (broad SMARTS) is 4. The molecule has 0 unspecified atom stereocenters. The lowest BCUT2D eigenvalue weighted by molar-refractivity contribution is -0.137. The van der Waals surface area contributed by atoms with Gasteiger partial charge in [0.2, 0.25) is 0 Å². The zero-order valence-electron chi connectivity index (χ0n) is 25.5. The van der Waals surface area contributed by atoms with Crippen LogP contribution in [0.5, 0.6) is 0 Å². The number of ketones is 1. The second-order valence-electron chi connectivity index (χ2n) is 9.88. The van der Waals surface area contributed by atoms with Crippen molar-refractivity contribution < 1.29 is 44.4 Å². The topological polar surface area (TPSA) is 185 Å². The molecule has 0 radical (unpaired) electrons. The largest absolute Gasteiger partial charge is 0.480 e. The van der Waals surface area contributed by atoms with E-state index in [1.165, 1.54) is 4.90 Å². The van der Waals surface area contributed by atoms with Crippen LogP contribution in [-0.4, -0.2) is 82.8 Å². The summed E-state index contributed by atoms with van der Waals surface area (Å²) in [4.78, 5) is 57.1. The fraction of sp³-hybridized carbons (Fsp3) is 0.171. The van der Waals surface area contributed by atoms with Crippen molar-refractivity contribution in [3.05, 3.63) is 127 Å². The van der Waals surface area contributed by atoms with Crippen LogP contribution in [0.1, 0.15) is 5.56 Å². The quantitative estimate of drug-likeness (QED) is 0.124. The number of anilines is 3. The van der Waals surface area contributed by atoms with E-state index in [4.69, 9.17) is 20.4 Å². The van der Waals surface area contributed by atoms with E-state index < -0.39 is 23.9 Å². The summed E-state index contributed by atoms with van der Waals surface area (Å²) in [5, 5.41) is 37.3. The van der Waals surface area contributed by atoms with Gasteiger partial charge in [0.1, 0.15) is 26.2 Å². The third-order valence-electron chi connectivity index (χ3n) is 6.05. The van der Waals surface area contributed by atoms with E-state index in [2.05, 4.69) is 5.32 Å². The Bertz CT molecular complexity index is 1520. The van der Waals surface area contributed by atoms with Crippen LogP contribution in [0.25, 0.3) is 0 Å². The van der Waals surface area contributed by atoms with Crippen LogP contribution in [0, 0.1) is 0 Å². The summed E-state index contributed by atoms with van der Waals surface area (Å²) >= 11 is 0. The molecule has 0 saturated heterocycles. The van der Waals surface area contributed by atoms with Gasteiger partial charge in [-0.3, -0.25) is 24.0 Å². The number of hydrogen-bond donors (Lipinski definition) is 5. The van der Waals surface area contributed by atoms with Gasteiger partial charge < -0.3 is 35.5 Å². The molecule has 0 aliphatic carbocycles. The minimum absolute atomic E-state index is 0.00805. The van der Waals surface area contributed by atoms with E-state index in [-0.39, 0.29) is 38.5 Å². The van der Waals surface area contributed by atoms with E-state index in [1.807, 2.05) is 78.9 Å². The molecular formula is C35H37N3O9. The summed E-state index contributed by atoms with van der Waals surface area (Å²) in [5.41, 5.74) is 3.09. The molecule has 47 heavy (non-hydrogen) atoms. The molecular weight excluding hydrogens is 606 g/mol. The predicted octanol–water partition coefficient (Wildman–Crippen LogP) is 4.23. The minimum atomic E-state index is -1.06. The highest BCUT2D eigenvalue weighted by atomic mass is 16.4. The number of nitrogens with zero attached hydrogens (tertiary/aromatic N) is 2. The smallest absolute Gasteiger partial charge is 0.323 e. The summed E-state index contributed by atoms with van der Waals surface area (Å²) < 4.78 is 0. The Balaban J connectivity index is 0.000000259. The van der Waals surface area contributed by atoms with E-state index >= 15 is 0 Å². The molecule has 4 aromatic carbocycles. The molecule has 4 aromatic rings. The Hall–Kier alpha value is -6.17. The molecule has 0 spiro atoms. The molecule has 0 saturated carbocycles. The van der Waals surface area contributed by atoms with Gasteiger partial charge in [-0.25, -0.2) is 0 Å². The van der Waals surface area contributed by atoms with E-state index in [9.17, 15) is 24.0 Å². The lowest BCUT2D eigenvalue weighted by atomic mass is 10.1. The number of carbonyl (C=O) groups is 5. The summed E-state index contributed by atoms with van der Waals surface area (Å²) in [6.45, 7) is -0.785. The van der Waals surface area contributed by atoms with Crippen molar-refractivity contribution in [1.29, 1.82) is 0 Å². The number of carbonyl (C=O) groups excluding carboxylic acids is 1. The number of benzene rings is 4. The van der Waals surface area contributed by atoms with Gasteiger partial charge in [-0.2, -0.15) is 0 Å². The second-order valence-corrected chi connectivity index (χ2v) is 9.88. The van der Waals surface area contributed by atoms with E-state index in [0.29, 0.717) is 12.1 Å². The van der Waals surface area contributed by atoms with Gasteiger partial charge in [-0.1, -0.05) is 84.9 Å². The van der Waals surface area contributed by atoms with Gasteiger partial charge in [0, 0.05) is 23.5 Å². The SMILES string of the molecule is O=C(O)CN(CC(=O)Cc1ccccc1)c1ccccc1.O=C(O)CN(CC(=O)O)c1ccccc1.O=C(O)CNc1ccccc1. The molecule has 0 bridgehead atoms. The second kappa shape index (κ2) is 20.7. The van der Waals surface area contributed by atoms with Crippen molar-refractivity contribution in [2.24, 2.45) is 0 Å². The number of carboxylic acids is 4. The fourth-order valence-electron chi connectivity index (χ4n) is 4.07. The Labute approximate surface area is 272 Å². The maximum Gasteiger partial charge on any atom is 0.323 e. The number of para-hydroxylation sites is 3. The number of rotatable bonds is 15. The van der Waals surface area contributed by atoms with Gasteiger partial charge in [0.15, 0.2) is 5.78 Å². The standard InChI is InChI=1S/C17H17NO3.C10H11NO4.C8H9NO2/c19-16(11-14-7-3-1-4-8-14)12-18(13-17(20)21)15-9-5-2-6-10-15;12-9(13)6-11(7-10(14)15)8-4-2-1-3-5-8;10-8(11)6-9-7-4-2-1-3-5-7/h1-10H,11-13H2,(H,20,21);1-5H,6-7H2,(H,12,13)(H,14,15);1-5,9H,6H2,(H,10,11). The number of Topliss-reactive ketones (excluding diaryl/α,β-unsaturated/α-hetero) is 1. The maximum atomic E-state index is 12.1. The number of aliphatic carboxylic acids is 4. The van der Waals surface area contributed by atoms with Crippen molar-refractivity contribution in [3.8, 4) is 0 Å². The fourth-order valence-corrected chi connectivity index (χ4v) is 4.07. The van der Waals surface area contributed by atoms with Crippen LogP contribution in [0.3, 0.4) is 0 Å². The first-order chi connectivity index (χ1) is 22.5. The highest BCUT2D eigenvalue weighted by Crippen LogP contribution is 2.14. The molecule has 5 N–H and O–H groups in total. The van der Waals surface area contributed by atoms with Crippen molar-refractivity contribution >= 4 is 46.7 Å². The first kappa shape index (κ1) is 37.0. The van der Waals surface area contributed by atoms with Crippen LogP contribution in [0.4, 0.5) is 17.1 Å². The third kappa shape index (κ3) is 16.5. The van der Waals surface area contributed by atoms with E-state index in [0.717, 1.165) is 16.9 Å². The Morgan fingerprint density at radius 3 is 1.21 bits per heavy atom. The lowest BCUT2D eigenvalue weighted by Gasteiger charge is -2.22. The molecule has 12 nitrogen and oxygen atoms in total. The van der Waals surface area contributed by atoms with Crippen LogP contribution < -0.4 is 15.1 Å². The predicted molar refractivity (Wildman–Crippen MR) is 178 cm³/mol. The van der Waals surface area contributed by atoms with Gasteiger partial charge in [-0.05, 0) is 42.0 Å². The van der Waals surface area contributed by atoms with Crippen molar-refractivity contribution in [2.45, 2.75) is 6.42 Å². The summed E-state index contributed by atoms with van der Waals surface area (Å²) in [5.74, 6) is -3.92. The highest BCUT2D eigenvalue weighted by Gasteiger charge is 2.15. The van der Waals surface area contributed by atoms with Gasteiger partial charge in [0.25, 0.3) is 0 Å². The molecule has 246 valence electrons. The number of hydrogen-bond acceptors (Lipinski definition) is 8. The zero-order valence-corrected chi connectivity index (χ0v) is 25.5. The third-order valence-corrected chi connectivity index (χ3v) is 6.05. The monoisotopic (exact) mass is 643 g/mol. The van der Waals surface area contributed by atoms with Gasteiger partial charge in [0.05, 0.1) is 6.54 Å². The molecule has 0 aromatic heterocycles. The van der Waals surface area contributed by atoms with Crippen LogP contribution in [-0.2, 0) is 30.4 Å². The molecule has 4 rings (SSSR count). The Morgan fingerprint density at radius 2 is 0.830 bits per heavy atom. The van der Waals surface area contributed by atoms with Crippen molar-refractivity contribution in [3.63, 3.8) is 0 Å². The molecule has 0 aliphatic rings. The average molecular weight is 644 g/mol. The average Bonchev–Trinajstić information content (AvgIpc) is 3.05. The lowest BCUT2D eigenvalue weighted by Crippen LogP contribution is -2.35. The van der Waals surface area contributed by atoms with Crippen LogP contribution in [0.2, 0.25) is 0 Å². The summed E-state index contributed by atoms with van der Waals surface area (Å²) in [6.07, 6.45) is 0.309.